The van der Waals surface area contributed by atoms with E-state index in [1.54, 1.807) is 0 Å². The standard InChI is InChI=1S/C14H30N2/c1-7-9-14(11-15-12(3)4)16(10-8-2)13(5)6/h8,12-15H,2,7,9-11H2,1,3-6H3. The summed E-state index contributed by atoms with van der Waals surface area (Å²) in [4.78, 5) is 2.53. The second kappa shape index (κ2) is 8.77. The van der Waals surface area contributed by atoms with E-state index < -0.39 is 0 Å². The maximum atomic E-state index is 3.86. The quantitative estimate of drug-likeness (QED) is 0.608. The summed E-state index contributed by atoms with van der Waals surface area (Å²) in [5.41, 5.74) is 0. The molecule has 0 spiro atoms. The first kappa shape index (κ1) is 15.7. The van der Waals surface area contributed by atoms with Crippen LogP contribution in [0.25, 0.3) is 0 Å². The van der Waals surface area contributed by atoms with Gasteiger partial charge in [0.15, 0.2) is 0 Å². The van der Waals surface area contributed by atoms with Gasteiger partial charge < -0.3 is 5.32 Å². The Hall–Kier alpha value is -0.340. The van der Waals surface area contributed by atoms with Gasteiger partial charge in [0.25, 0.3) is 0 Å². The summed E-state index contributed by atoms with van der Waals surface area (Å²) >= 11 is 0. The van der Waals surface area contributed by atoms with Gasteiger partial charge in [0.1, 0.15) is 0 Å². The molecule has 0 saturated heterocycles. The molecule has 0 aromatic carbocycles. The van der Waals surface area contributed by atoms with Gasteiger partial charge in [0.2, 0.25) is 0 Å². The number of rotatable bonds is 9. The number of hydrogen-bond donors (Lipinski definition) is 1. The first-order valence-electron chi connectivity index (χ1n) is 6.62. The van der Waals surface area contributed by atoms with Crippen LogP contribution >= 0.6 is 0 Å². The Balaban J connectivity index is 4.37. The van der Waals surface area contributed by atoms with Crippen molar-refractivity contribution in [2.75, 3.05) is 13.1 Å². The molecule has 0 aliphatic carbocycles. The predicted octanol–water partition coefficient (Wildman–Crippen LogP) is 3.05. The molecule has 0 aliphatic heterocycles. The topological polar surface area (TPSA) is 15.3 Å². The van der Waals surface area contributed by atoms with Crippen molar-refractivity contribution in [1.29, 1.82) is 0 Å². The largest absolute Gasteiger partial charge is 0.313 e. The minimum Gasteiger partial charge on any atom is -0.313 e. The molecule has 0 amide bonds. The molecule has 0 radical (unpaired) electrons. The Morgan fingerprint density at radius 3 is 2.25 bits per heavy atom. The van der Waals surface area contributed by atoms with E-state index in [1.165, 1.54) is 12.8 Å². The summed E-state index contributed by atoms with van der Waals surface area (Å²) in [6.07, 6.45) is 4.51. The second-order valence-corrected chi connectivity index (χ2v) is 5.08. The van der Waals surface area contributed by atoms with Crippen LogP contribution in [0.1, 0.15) is 47.5 Å². The molecular formula is C14H30N2. The van der Waals surface area contributed by atoms with Crippen LogP contribution in [0, 0.1) is 0 Å². The lowest BCUT2D eigenvalue weighted by Crippen LogP contribution is -2.47. The molecule has 2 heteroatoms. The minimum absolute atomic E-state index is 0.567. The average molecular weight is 226 g/mol. The first-order valence-corrected chi connectivity index (χ1v) is 6.62. The highest BCUT2D eigenvalue weighted by atomic mass is 15.2. The lowest BCUT2D eigenvalue weighted by molar-refractivity contribution is 0.157. The summed E-state index contributed by atoms with van der Waals surface area (Å²) in [5, 5.41) is 3.55. The van der Waals surface area contributed by atoms with Gasteiger partial charge in [0.05, 0.1) is 0 Å². The van der Waals surface area contributed by atoms with Gasteiger partial charge in [-0.05, 0) is 20.3 Å². The van der Waals surface area contributed by atoms with Gasteiger partial charge in [-0.2, -0.15) is 0 Å². The lowest BCUT2D eigenvalue weighted by atomic mass is 10.1. The van der Waals surface area contributed by atoms with E-state index in [0.29, 0.717) is 18.1 Å². The maximum absolute atomic E-state index is 3.86. The number of nitrogens with one attached hydrogen (secondary N) is 1. The molecule has 1 N–H and O–H groups in total. The zero-order chi connectivity index (χ0) is 12.6. The third-order valence-corrected chi connectivity index (χ3v) is 2.86. The molecule has 0 fully saturated rings. The summed E-state index contributed by atoms with van der Waals surface area (Å²) in [5.74, 6) is 0. The van der Waals surface area contributed by atoms with Crippen LogP contribution in [-0.2, 0) is 0 Å². The highest BCUT2D eigenvalue weighted by Gasteiger charge is 2.19. The van der Waals surface area contributed by atoms with Crippen molar-refractivity contribution in [2.45, 2.75) is 65.6 Å². The lowest BCUT2D eigenvalue weighted by Gasteiger charge is -2.34. The third kappa shape index (κ3) is 6.29. The van der Waals surface area contributed by atoms with Crippen molar-refractivity contribution in [3.63, 3.8) is 0 Å². The molecule has 0 saturated carbocycles. The summed E-state index contributed by atoms with van der Waals surface area (Å²) < 4.78 is 0. The smallest absolute Gasteiger partial charge is 0.0226 e. The van der Waals surface area contributed by atoms with Crippen LogP contribution in [0.3, 0.4) is 0 Å². The van der Waals surface area contributed by atoms with Crippen molar-refractivity contribution < 1.29 is 0 Å². The van der Waals surface area contributed by atoms with Crippen molar-refractivity contribution in [3.8, 4) is 0 Å². The van der Waals surface area contributed by atoms with E-state index in [2.05, 4.69) is 51.4 Å². The van der Waals surface area contributed by atoms with Gasteiger partial charge in [0, 0.05) is 31.2 Å². The molecule has 0 aromatic heterocycles. The van der Waals surface area contributed by atoms with E-state index in [0.717, 1.165) is 13.1 Å². The van der Waals surface area contributed by atoms with Crippen molar-refractivity contribution in [2.24, 2.45) is 0 Å². The zero-order valence-electron chi connectivity index (χ0n) is 11.8. The van der Waals surface area contributed by atoms with E-state index in [1.807, 2.05) is 6.08 Å². The molecule has 0 bridgehead atoms. The van der Waals surface area contributed by atoms with Crippen LogP contribution < -0.4 is 5.32 Å². The van der Waals surface area contributed by atoms with Crippen molar-refractivity contribution in [1.82, 2.24) is 10.2 Å². The molecule has 0 aromatic rings. The number of hydrogen-bond acceptors (Lipinski definition) is 2. The predicted molar refractivity (Wildman–Crippen MR) is 73.9 cm³/mol. The molecule has 0 aliphatic rings. The molecule has 0 heterocycles. The van der Waals surface area contributed by atoms with E-state index in [4.69, 9.17) is 0 Å². The molecule has 1 atom stereocenters. The molecule has 96 valence electrons. The molecule has 2 nitrogen and oxygen atoms in total. The molecule has 16 heavy (non-hydrogen) atoms. The Labute approximate surface area is 102 Å². The maximum Gasteiger partial charge on any atom is 0.0226 e. The molecule has 1 unspecified atom stereocenters. The van der Waals surface area contributed by atoms with Crippen molar-refractivity contribution >= 4 is 0 Å². The molecular weight excluding hydrogens is 196 g/mol. The van der Waals surface area contributed by atoms with E-state index in [-0.39, 0.29) is 0 Å². The highest BCUT2D eigenvalue weighted by molar-refractivity contribution is 4.83. The first-order chi connectivity index (χ1) is 7.52. The fourth-order valence-electron chi connectivity index (χ4n) is 2.02. The zero-order valence-corrected chi connectivity index (χ0v) is 11.8. The summed E-state index contributed by atoms with van der Waals surface area (Å²) in [6, 6.07) is 1.78. The Bertz CT molecular complexity index is 176. The van der Waals surface area contributed by atoms with Gasteiger partial charge in [-0.1, -0.05) is 33.3 Å². The Morgan fingerprint density at radius 1 is 1.25 bits per heavy atom. The number of nitrogens with zero attached hydrogens (tertiary/aromatic N) is 1. The summed E-state index contributed by atoms with van der Waals surface area (Å²) in [6.45, 7) is 17.1. The normalized spacial score (nSPS) is 13.8. The van der Waals surface area contributed by atoms with Gasteiger partial charge >= 0.3 is 0 Å². The monoisotopic (exact) mass is 226 g/mol. The third-order valence-electron chi connectivity index (χ3n) is 2.86. The fourth-order valence-corrected chi connectivity index (χ4v) is 2.02. The van der Waals surface area contributed by atoms with Crippen LogP contribution in [0.2, 0.25) is 0 Å². The Kier molecular flexibility index (Phi) is 8.58. The van der Waals surface area contributed by atoms with Crippen LogP contribution in [0.5, 0.6) is 0 Å². The van der Waals surface area contributed by atoms with E-state index in [9.17, 15) is 0 Å². The molecule has 0 rings (SSSR count). The van der Waals surface area contributed by atoms with Gasteiger partial charge in [-0.3, -0.25) is 4.90 Å². The van der Waals surface area contributed by atoms with Gasteiger partial charge in [-0.15, -0.1) is 6.58 Å². The van der Waals surface area contributed by atoms with E-state index >= 15 is 0 Å². The van der Waals surface area contributed by atoms with Crippen molar-refractivity contribution in [3.05, 3.63) is 12.7 Å². The summed E-state index contributed by atoms with van der Waals surface area (Å²) in [7, 11) is 0. The minimum atomic E-state index is 0.567. The van der Waals surface area contributed by atoms with Crippen LogP contribution in [0.4, 0.5) is 0 Å². The van der Waals surface area contributed by atoms with Crippen LogP contribution in [-0.4, -0.2) is 36.1 Å². The highest BCUT2D eigenvalue weighted by Crippen LogP contribution is 2.11. The average Bonchev–Trinajstić information content (AvgIpc) is 2.20. The van der Waals surface area contributed by atoms with Gasteiger partial charge in [-0.25, -0.2) is 0 Å². The SMILES string of the molecule is C=CCN(C(C)C)C(CCC)CNC(C)C. The second-order valence-electron chi connectivity index (χ2n) is 5.08. The Morgan fingerprint density at radius 2 is 1.88 bits per heavy atom. The van der Waals surface area contributed by atoms with Crippen LogP contribution in [0.15, 0.2) is 12.7 Å². The fraction of sp³-hybridized carbons (Fsp3) is 0.857.